The highest BCUT2D eigenvalue weighted by molar-refractivity contribution is 7.89. The monoisotopic (exact) mass is 441 g/mol. The zero-order valence-corrected chi connectivity index (χ0v) is 18.4. The van der Waals surface area contributed by atoms with Crippen molar-refractivity contribution in [2.75, 3.05) is 26.7 Å². The maximum atomic E-state index is 13.0. The molecule has 164 valence electrons. The molecule has 1 aliphatic carbocycles. The number of hydrogen-bond acceptors (Lipinski definition) is 4. The van der Waals surface area contributed by atoms with Gasteiger partial charge >= 0.3 is 0 Å². The van der Waals surface area contributed by atoms with E-state index in [0.717, 1.165) is 17.1 Å². The van der Waals surface area contributed by atoms with Gasteiger partial charge in [-0.15, -0.1) is 0 Å². The molecule has 1 saturated heterocycles. The Morgan fingerprint density at radius 2 is 1.45 bits per heavy atom. The minimum atomic E-state index is -3.77. The van der Waals surface area contributed by atoms with Crippen LogP contribution in [0.4, 0.5) is 0 Å². The second-order valence-electron chi connectivity index (χ2n) is 8.21. The van der Waals surface area contributed by atoms with E-state index in [2.05, 4.69) is 12.1 Å². The van der Waals surface area contributed by atoms with Crippen LogP contribution >= 0.6 is 0 Å². The topological polar surface area (TPSA) is 78.0 Å². The minimum absolute atomic E-state index is 0.0720. The number of nitrogens with zero attached hydrogens (tertiary/aromatic N) is 3. The normalized spacial score (nSPS) is 16.7. The summed E-state index contributed by atoms with van der Waals surface area (Å²) in [5.41, 5.74) is 2.59. The molecule has 0 atom stereocenters. The Hall–Kier alpha value is -2.71. The fourth-order valence-corrected chi connectivity index (χ4v) is 5.55. The molecule has 2 aliphatic rings. The predicted octanol–water partition coefficient (Wildman–Crippen LogP) is 2.09. The molecule has 0 saturated carbocycles. The van der Waals surface area contributed by atoms with E-state index < -0.39 is 10.0 Å². The summed E-state index contributed by atoms with van der Waals surface area (Å²) in [4.78, 5) is 26.0. The van der Waals surface area contributed by atoms with Crippen molar-refractivity contribution in [3.63, 3.8) is 0 Å². The third kappa shape index (κ3) is 4.50. The Labute approximate surface area is 183 Å². The molecule has 8 heteroatoms. The summed E-state index contributed by atoms with van der Waals surface area (Å²) in [7, 11) is -2.38. The van der Waals surface area contributed by atoms with E-state index in [1.54, 1.807) is 18.2 Å². The first-order chi connectivity index (χ1) is 14.9. The van der Waals surface area contributed by atoms with E-state index in [1.807, 2.05) is 12.1 Å². The first-order valence-electron chi connectivity index (χ1n) is 10.5. The number of fused-ring (bicyclic) bond motifs is 1. The lowest BCUT2D eigenvalue weighted by Gasteiger charge is -2.30. The molecule has 0 spiro atoms. The zero-order chi connectivity index (χ0) is 22.0. The fraction of sp³-hybridized carbons (Fsp3) is 0.391. The molecule has 0 aromatic heterocycles. The molecule has 0 radical (unpaired) electrons. The van der Waals surface area contributed by atoms with Gasteiger partial charge in [-0.1, -0.05) is 42.5 Å². The molecule has 0 unspecified atom stereocenters. The third-order valence-electron chi connectivity index (χ3n) is 6.02. The molecule has 2 aromatic rings. The van der Waals surface area contributed by atoms with Gasteiger partial charge in [0.05, 0.1) is 11.4 Å². The highest BCUT2D eigenvalue weighted by Crippen LogP contribution is 2.29. The van der Waals surface area contributed by atoms with Gasteiger partial charge in [-0.05, 0) is 48.4 Å². The average molecular weight is 442 g/mol. The second-order valence-corrected chi connectivity index (χ2v) is 10.3. The predicted molar refractivity (Wildman–Crippen MR) is 116 cm³/mol. The highest BCUT2D eigenvalue weighted by Gasteiger charge is 2.34. The first-order valence-corrected chi connectivity index (χ1v) is 12.0. The van der Waals surface area contributed by atoms with Crippen molar-refractivity contribution in [1.82, 2.24) is 14.3 Å². The number of hydrogen-bond donors (Lipinski definition) is 0. The number of carbonyl (C=O) groups is 2. The number of amides is 2. The summed E-state index contributed by atoms with van der Waals surface area (Å²) in [5, 5.41) is 2.93. The van der Waals surface area contributed by atoms with E-state index in [0.29, 0.717) is 25.9 Å². The molecule has 0 bridgehead atoms. The number of rotatable bonds is 6. The van der Waals surface area contributed by atoms with Gasteiger partial charge in [-0.3, -0.25) is 19.6 Å². The van der Waals surface area contributed by atoms with Gasteiger partial charge in [-0.2, -0.15) is 4.31 Å². The van der Waals surface area contributed by atoms with Crippen LogP contribution in [0.2, 0.25) is 0 Å². The maximum absolute atomic E-state index is 13.0. The fourth-order valence-electron chi connectivity index (χ4n) is 4.41. The van der Waals surface area contributed by atoms with Crippen LogP contribution in [0.3, 0.4) is 0 Å². The van der Waals surface area contributed by atoms with Crippen LogP contribution in [-0.2, 0) is 32.5 Å². The van der Waals surface area contributed by atoms with Crippen LogP contribution in [0.25, 0.3) is 0 Å². The van der Waals surface area contributed by atoms with Crippen LogP contribution in [-0.4, -0.2) is 61.2 Å². The van der Waals surface area contributed by atoms with Crippen LogP contribution in [0, 0.1) is 5.92 Å². The van der Waals surface area contributed by atoms with Crippen LogP contribution in [0.1, 0.15) is 24.0 Å². The van der Waals surface area contributed by atoms with Gasteiger partial charge < -0.3 is 0 Å². The second kappa shape index (κ2) is 8.80. The Morgan fingerprint density at radius 3 is 2.06 bits per heavy atom. The van der Waals surface area contributed by atoms with Gasteiger partial charge in [0, 0.05) is 26.6 Å². The highest BCUT2D eigenvalue weighted by atomic mass is 32.2. The van der Waals surface area contributed by atoms with Crippen molar-refractivity contribution in [1.29, 1.82) is 0 Å². The summed E-state index contributed by atoms with van der Waals surface area (Å²) in [6.07, 6.45) is 2.83. The summed E-state index contributed by atoms with van der Waals surface area (Å²) in [6, 6.07) is 16.3. The average Bonchev–Trinajstić information content (AvgIpc) is 3.41. The molecule has 7 nitrogen and oxygen atoms in total. The van der Waals surface area contributed by atoms with E-state index in [9.17, 15) is 18.0 Å². The van der Waals surface area contributed by atoms with E-state index in [4.69, 9.17) is 0 Å². The molecule has 0 N–H and O–H groups in total. The van der Waals surface area contributed by atoms with Crippen molar-refractivity contribution in [2.24, 2.45) is 5.92 Å². The lowest BCUT2D eigenvalue weighted by molar-refractivity contribution is -0.158. The van der Waals surface area contributed by atoms with Crippen molar-refractivity contribution < 1.29 is 18.0 Å². The van der Waals surface area contributed by atoms with Gasteiger partial charge in [0.15, 0.2) is 0 Å². The number of sulfonamides is 1. The lowest BCUT2D eigenvalue weighted by Crippen LogP contribution is -2.49. The summed E-state index contributed by atoms with van der Waals surface area (Å²) >= 11 is 0. The molecule has 2 aromatic carbocycles. The summed E-state index contributed by atoms with van der Waals surface area (Å²) in [5.74, 6) is -0.219. The van der Waals surface area contributed by atoms with Crippen LogP contribution in [0.15, 0.2) is 59.5 Å². The van der Waals surface area contributed by atoms with E-state index in [-0.39, 0.29) is 29.2 Å². The first kappa shape index (κ1) is 21.5. The lowest BCUT2D eigenvalue weighted by atomic mass is 10.0. The Kier molecular flexibility index (Phi) is 6.11. The maximum Gasteiger partial charge on any atom is 0.256 e. The summed E-state index contributed by atoms with van der Waals surface area (Å²) < 4.78 is 26.5. The van der Waals surface area contributed by atoms with Crippen LogP contribution < -0.4 is 0 Å². The van der Waals surface area contributed by atoms with Gasteiger partial charge in [0.25, 0.3) is 5.91 Å². The molecule has 2 amide bonds. The van der Waals surface area contributed by atoms with Crippen molar-refractivity contribution in [2.45, 2.75) is 30.6 Å². The van der Waals surface area contributed by atoms with E-state index in [1.165, 1.54) is 40.3 Å². The largest absolute Gasteiger partial charge is 0.273 e. The van der Waals surface area contributed by atoms with Gasteiger partial charge in [0.2, 0.25) is 15.9 Å². The number of likely N-dealkylation sites (N-methyl/N-ethyl adjacent to an activating group) is 1. The number of hydrazine groups is 1. The number of carbonyl (C=O) groups excluding carboxylic acids is 2. The van der Waals surface area contributed by atoms with Crippen LogP contribution in [0.5, 0.6) is 0 Å². The third-order valence-corrected chi connectivity index (χ3v) is 7.83. The SMILES string of the molecule is CN(CC(=O)N1CCCN1C(=O)CC1Cc2ccccc2C1)S(=O)(=O)c1ccccc1. The van der Waals surface area contributed by atoms with Crippen molar-refractivity contribution in [3.8, 4) is 0 Å². The van der Waals surface area contributed by atoms with Crippen molar-refractivity contribution >= 4 is 21.8 Å². The standard InChI is InChI=1S/C23H27N3O4S/c1-24(31(29,30)21-10-3-2-4-11-21)17-23(28)26-13-7-12-25(26)22(27)16-18-14-19-8-5-6-9-20(19)15-18/h2-6,8-11,18H,7,12-17H2,1H3. The zero-order valence-electron chi connectivity index (χ0n) is 17.6. The van der Waals surface area contributed by atoms with Gasteiger partial charge in [0.1, 0.15) is 0 Å². The molecule has 1 fully saturated rings. The summed E-state index contributed by atoms with van der Waals surface area (Å²) in [6.45, 7) is 0.601. The Balaban J connectivity index is 1.38. The molecule has 31 heavy (non-hydrogen) atoms. The molecule has 1 heterocycles. The molecule has 1 aliphatic heterocycles. The minimum Gasteiger partial charge on any atom is -0.273 e. The smallest absolute Gasteiger partial charge is 0.256 e. The molecule has 4 rings (SSSR count). The molecular formula is C23H27N3O4S. The molecular weight excluding hydrogens is 414 g/mol. The van der Waals surface area contributed by atoms with Crippen molar-refractivity contribution in [3.05, 3.63) is 65.7 Å². The van der Waals surface area contributed by atoms with Gasteiger partial charge in [-0.25, -0.2) is 8.42 Å². The quantitative estimate of drug-likeness (QED) is 0.688. The Morgan fingerprint density at radius 1 is 0.903 bits per heavy atom. The Bertz CT molecular complexity index is 1050. The number of benzene rings is 2. The van der Waals surface area contributed by atoms with E-state index >= 15 is 0 Å².